The molecule has 0 radical (unpaired) electrons. The molecule has 1 aliphatic heterocycles. The van der Waals surface area contributed by atoms with E-state index in [4.69, 9.17) is 9.84 Å². The number of nitrogens with zero attached hydrogens (tertiary/aromatic N) is 3. The zero-order valence-corrected chi connectivity index (χ0v) is 10.4. The van der Waals surface area contributed by atoms with Crippen molar-refractivity contribution in [2.24, 2.45) is 0 Å². The van der Waals surface area contributed by atoms with Gasteiger partial charge in [-0.3, -0.25) is 0 Å². The molecule has 1 fully saturated rings. The SMILES string of the molecule is CCCc1nsc(N2CCOCC2C(=O)O)n1. The molecule has 94 valence electrons. The van der Waals surface area contributed by atoms with Crippen molar-refractivity contribution in [3.8, 4) is 0 Å². The van der Waals surface area contributed by atoms with Gasteiger partial charge < -0.3 is 14.7 Å². The average Bonchev–Trinajstić information content (AvgIpc) is 2.78. The number of ether oxygens (including phenoxy) is 1. The average molecular weight is 257 g/mol. The number of aromatic nitrogens is 2. The van der Waals surface area contributed by atoms with Crippen LogP contribution in [0.2, 0.25) is 0 Å². The van der Waals surface area contributed by atoms with Crippen molar-refractivity contribution in [2.45, 2.75) is 25.8 Å². The van der Waals surface area contributed by atoms with Gasteiger partial charge in [0.25, 0.3) is 0 Å². The summed E-state index contributed by atoms with van der Waals surface area (Å²) in [6, 6.07) is -0.647. The van der Waals surface area contributed by atoms with Gasteiger partial charge in [0.15, 0.2) is 6.04 Å². The summed E-state index contributed by atoms with van der Waals surface area (Å²) in [6.45, 7) is 3.36. The summed E-state index contributed by atoms with van der Waals surface area (Å²) in [5.74, 6) is -0.0833. The van der Waals surface area contributed by atoms with Gasteiger partial charge in [0.1, 0.15) is 5.82 Å². The fourth-order valence-corrected chi connectivity index (χ4v) is 2.51. The molecule has 1 aromatic heterocycles. The van der Waals surface area contributed by atoms with Gasteiger partial charge in [0.05, 0.1) is 13.2 Å². The number of aryl methyl sites for hydroxylation is 1. The minimum Gasteiger partial charge on any atom is -0.480 e. The molecule has 0 amide bonds. The molecule has 0 aliphatic carbocycles. The third kappa shape index (κ3) is 2.73. The summed E-state index contributed by atoms with van der Waals surface area (Å²) in [4.78, 5) is 17.2. The molecule has 2 heterocycles. The van der Waals surface area contributed by atoms with Crippen LogP contribution >= 0.6 is 11.5 Å². The van der Waals surface area contributed by atoms with Gasteiger partial charge >= 0.3 is 5.97 Å². The molecule has 0 spiro atoms. The Morgan fingerprint density at radius 2 is 2.53 bits per heavy atom. The zero-order chi connectivity index (χ0) is 12.3. The number of hydrogen-bond donors (Lipinski definition) is 1. The van der Waals surface area contributed by atoms with E-state index >= 15 is 0 Å². The Morgan fingerprint density at radius 1 is 1.71 bits per heavy atom. The Kier molecular flexibility index (Phi) is 3.90. The van der Waals surface area contributed by atoms with Gasteiger partial charge in [-0.15, -0.1) is 0 Å². The molecule has 1 unspecified atom stereocenters. The summed E-state index contributed by atoms with van der Waals surface area (Å²) in [7, 11) is 0. The van der Waals surface area contributed by atoms with Crippen molar-refractivity contribution in [3.05, 3.63) is 5.82 Å². The van der Waals surface area contributed by atoms with Crippen LogP contribution in [0, 0.1) is 0 Å². The van der Waals surface area contributed by atoms with E-state index in [1.165, 1.54) is 11.5 Å². The zero-order valence-electron chi connectivity index (χ0n) is 9.63. The standard InChI is InChI=1S/C10H15N3O3S/c1-2-3-8-11-10(17-12-8)13-4-5-16-6-7(13)9(14)15/h7H,2-6H2,1H3,(H,14,15). The van der Waals surface area contributed by atoms with E-state index in [2.05, 4.69) is 16.3 Å². The molecule has 0 saturated carbocycles. The number of morpholine rings is 1. The fraction of sp³-hybridized carbons (Fsp3) is 0.700. The van der Waals surface area contributed by atoms with Gasteiger partial charge in [-0.05, 0) is 6.42 Å². The Morgan fingerprint density at radius 3 is 3.24 bits per heavy atom. The Bertz CT molecular complexity index is 396. The highest BCUT2D eigenvalue weighted by molar-refractivity contribution is 7.09. The summed E-state index contributed by atoms with van der Waals surface area (Å²) in [5, 5.41) is 9.80. The second kappa shape index (κ2) is 5.42. The Labute approximate surface area is 103 Å². The first-order valence-corrected chi connectivity index (χ1v) is 6.39. The lowest BCUT2D eigenvalue weighted by Gasteiger charge is -2.32. The molecule has 0 aromatic carbocycles. The molecule has 1 aliphatic rings. The molecule has 1 saturated heterocycles. The number of carboxylic acids is 1. The predicted octanol–water partition coefficient (Wildman–Crippen LogP) is 0.780. The topological polar surface area (TPSA) is 75.6 Å². The molecule has 6 nitrogen and oxygen atoms in total. The van der Waals surface area contributed by atoms with Crippen molar-refractivity contribution in [2.75, 3.05) is 24.7 Å². The number of rotatable bonds is 4. The van der Waals surface area contributed by atoms with Crippen molar-refractivity contribution in [3.63, 3.8) is 0 Å². The third-order valence-electron chi connectivity index (χ3n) is 2.59. The molecule has 1 aromatic rings. The minimum atomic E-state index is -0.878. The van der Waals surface area contributed by atoms with Crippen LogP contribution in [0.5, 0.6) is 0 Å². The summed E-state index contributed by atoms with van der Waals surface area (Å²) >= 11 is 1.26. The largest absolute Gasteiger partial charge is 0.480 e. The highest BCUT2D eigenvalue weighted by Crippen LogP contribution is 2.22. The highest BCUT2D eigenvalue weighted by Gasteiger charge is 2.31. The van der Waals surface area contributed by atoms with Gasteiger partial charge in [0.2, 0.25) is 5.13 Å². The normalized spacial score (nSPS) is 20.5. The molecule has 1 N–H and O–H groups in total. The second-order valence-corrected chi connectivity index (χ2v) is 4.60. The molecule has 2 rings (SSSR count). The molecule has 1 atom stereocenters. The van der Waals surface area contributed by atoms with Crippen LogP contribution in [-0.2, 0) is 16.0 Å². The molecular weight excluding hydrogens is 242 g/mol. The number of carboxylic acid groups (broad SMARTS) is 1. The van der Waals surface area contributed by atoms with Crippen molar-refractivity contribution < 1.29 is 14.6 Å². The maximum atomic E-state index is 11.1. The lowest BCUT2D eigenvalue weighted by molar-refractivity contribution is -0.141. The summed E-state index contributed by atoms with van der Waals surface area (Å²) in [6.07, 6.45) is 1.82. The van der Waals surface area contributed by atoms with Crippen LogP contribution in [-0.4, -0.2) is 46.2 Å². The van der Waals surface area contributed by atoms with Crippen LogP contribution in [0.15, 0.2) is 0 Å². The summed E-state index contributed by atoms with van der Waals surface area (Å²) < 4.78 is 9.41. The van der Waals surface area contributed by atoms with E-state index in [1.807, 2.05) is 0 Å². The third-order valence-corrected chi connectivity index (χ3v) is 3.38. The van der Waals surface area contributed by atoms with Crippen LogP contribution in [0.3, 0.4) is 0 Å². The Balaban J connectivity index is 2.14. The van der Waals surface area contributed by atoms with Crippen LogP contribution in [0.1, 0.15) is 19.2 Å². The molecule has 0 bridgehead atoms. The lowest BCUT2D eigenvalue weighted by atomic mass is 10.2. The number of aliphatic carboxylic acids is 1. The maximum Gasteiger partial charge on any atom is 0.328 e. The first kappa shape index (κ1) is 12.3. The number of carbonyl (C=O) groups is 1. The Hall–Kier alpha value is -1.21. The lowest BCUT2D eigenvalue weighted by Crippen LogP contribution is -2.50. The van der Waals surface area contributed by atoms with E-state index in [0.29, 0.717) is 18.3 Å². The van der Waals surface area contributed by atoms with Crippen LogP contribution < -0.4 is 4.90 Å². The maximum absolute atomic E-state index is 11.1. The number of hydrogen-bond acceptors (Lipinski definition) is 6. The predicted molar refractivity (Wildman–Crippen MR) is 63.5 cm³/mol. The van der Waals surface area contributed by atoms with Gasteiger partial charge in [0, 0.05) is 24.5 Å². The van der Waals surface area contributed by atoms with E-state index < -0.39 is 12.0 Å². The highest BCUT2D eigenvalue weighted by atomic mass is 32.1. The van der Waals surface area contributed by atoms with E-state index in [-0.39, 0.29) is 6.61 Å². The van der Waals surface area contributed by atoms with E-state index in [0.717, 1.165) is 18.7 Å². The quantitative estimate of drug-likeness (QED) is 0.859. The monoisotopic (exact) mass is 257 g/mol. The minimum absolute atomic E-state index is 0.206. The fourth-order valence-electron chi connectivity index (χ4n) is 1.72. The van der Waals surface area contributed by atoms with E-state index in [9.17, 15) is 4.79 Å². The first-order valence-electron chi connectivity index (χ1n) is 5.62. The molecule has 7 heteroatoms. The van der Waals surface area contributed by atoms with Gasteiger partial charge in [-0.2, -0.15) is 4.37 Å². The van der Waals surface area contributed by atoms with Crippen molar-refractivity contribution in [1.82, 2.24) is 9.36 Å². The smallest absolute Gasteiger partial charge is 0.328 e. The molecular formula is C10H15N3O3S. The molecule has 17 heavy (non-hydrogen) atoms. The van der Waals surface area contributed by atoms with Crippen LogP contribution in [0.25, 0.3) is 0 Å². The number of anilines is 1. The van der Waals surface area contributed by atoms with Gasteiger partial charge in [-0.25, -0.2) is 9.78 Å². The van der Waals surface area contributed by atoms with Crippen molar-refractivity contribution >= 4 is 22.6 Å². The second-order valence-electron chi connectivity index (χ2n) is 3.87. The van der Waals surface area contributed by atoms with Crippen LogP contribution in [0.4, 0.5) is 5.13 Å². The van der Waals surface area contributed by atoms with Gasteiger partial charge in [-0.1, -0.05) is 6.92 Å². The first-order chi connectivity index (χ1) is 8.22. The van der Waals surface area contributed by atoms with Crippen molar-refractivity contribution in [1.29, 1.82) is 0 Å². The summed E-state index contributed by atoms with van der Waals surface area (Å²) in [5.41, 5.74) is 0. The van der Waals surface area contributed by atoms with E-state index in [1.54, 1.807) is 4.90 Å².